The normalized spacial score (nSPS) is 14.3. The second-order valence-corrected chi connectivity index (χ2v) is 5.09. The monoisotopic (exact) mass is 293 g/mol. The lowest BCUT2D eigenvalue weighted by Gasteiger charge is -2.25. The summed E-state index contributed by atoms with van der Waals surface area (Å²) in [7, 11) is 0. The highest BCUT2D eigenvalue weighted by Gasteiger charge is 2.36. The summed E-state index contributed by atoms with van der Waals surface area (Å²) in [4.78, 5) is 12.1. The first-order valence-electron chi connectivity index (χ1n) is 6.89. The van der Waals surface area contributed by atoms with Gasteiger partial charge in [-0.3, -0.25) is 4.79 Å². The van der Waals surface area contributed by atoms with Crippen LogP contribution in [0.25, 0.3) is 0 Å². The molecule has 0 aliphatic carbocycles. The van der Waals surface area contributed by atoms with E-state index < -0.39 is 5.41 Å². The molecular weight excluding hydrogens is 270 g/mol. The molecule has 0 saturated carbocycles. The van der Waals surface area contributed by atoms with Crippen LogP contribution >= 0.6 is 0 Å². The Kier molecular flexibility index (Phi) is 6.02. The van der Waals surface area contributed by atoms with Gasteiger partial charge in [0.05, 0.1) is 6.54 Å². The molecule has 0 aliphatic heterocycles. The molecule has 0 saturated heterocycles. The van der Waals surface area contributed by atoms with E-state index in [0.717, 1.165) is 11.3 Å². The number of rotatable bonds is 7. The number of nitrogens with two attached hydrogens (primary N) is 1. The van der Waals surface area contributed by atoms with Crippen molar-refractivity contribution >= 4 is 11.7 Å². The first-order valence-corrected chi connectivity index (χ1v) is 6.89. The van der Waals surface area contributed by atoms with Gasteiger partial charge in [0.1, 0.15) is 17.8 Å². The zero-order valence-electron chi connectivity index (χ0n) is 12.7. The van der Waals surface area contributed by atoms with Crippen molar-refractivity contribution in [2.24, 2.45) is 16.3 Å². The fourth-order valence-electron chi connectivity index (χ4n) is 1.80. The molecule has 21 heavy (non-hydrogen) atoms. The number of carbonyl (C=O) groups excluding carboxylic acids is 1. The van der Waals surface area contributed by atoms with Crippen molar-refractivity contribution in [1.82, 2.24) is 5.32 Å². The number of hydrogen-bond donors (Lipinski definition) is 3. The molecule has 0 aliphatic rings. The van der Waals surface area contributed by atoms with Crippen molar-refractivity contribution < 1.29 is 14.7 Å². The van der Waals surface area contributed by atoms with Crippen LogP contribution in [0.15, 0.2) is 29.4 Å². The largest absolute Gasteiger partial charge is 0.492 e. The molecule has 6 heteroatoms. The Bertz CT molecular complexity index is 517. The molecule has 0 aromatic heterocycles. The quantitative estimate of drug-likeness (QED) is 0.234. The highest BCUT2D eigenvalue weighted by molar-refractivity contribution is 6.06. The van der Waals surface area contributed by atoms with Gasteiger partial charge in [0.25, 0.3) is 0 Å². The van der Waals surface area contributed by atoms with E-state index in [1.54, 1.807) is 13.8 Å². The van der Waals surface area contributed by atoms with Crippen molar-refractivity contribution in [3.05, 3.63) is 29.8 Å². The molecule has 0 spiro atoms. The molecule has 4 N–H and O–H groups in total. The summed E-state index contributed by atoms with van der Waals surface area (Å²) in [5.41, 5.74) is 5.68. The topological polar surface area (TPSA) is 96.9 Å². The van der Waals surface area contributed by atoms with Crippen LogP contribution in [0.2, 0.25) is 0 Å². The Hall–Kier alpha value is -2.24. The standard InChI is InChI=1S/C15H23N3O3/c1-4-15(3,13(16)18-20)14(19)17-8-9-21-12-7-5-6-11(2)10-12/h5-7,10,20H,4,8-9H2,1-3H3,(H2,16,18)(H,17,19). The third-order valence-electron chi connectivity index (χ3n) is 3.53. The summed E-state index contributed by atoms with van der Waals surface area (Å²) < 4.78 is 5.54. The number of hydrogen-bond acceptors (Lipinski definition) is 4. The van der Waals surface area contributed by atoms with Crippen molar-refractivity contribution in [3.63, 3.8) is 0 Å². The molecule has 1 aromatic carbocycles. The predicted octanol–water partition coefficient (Wildman–Crippen LogP) is 1.65. The van der Waals surface area contributed by atoms with E-state index >= 15 is 0 Å². The second kappa shape index (κ2) is 7.52. The van der Waals surface area contributed by atoms with Crippen LogP contribution in [0.5, 0.6) is 5.75 Å². The summed E-state index contributed by atoms with van der Waals surface area (Å²) in [5.74, 6) is 0.384. The summed E-state index contributed by atoms with van der Waals surface area (Å²) in [5, 5.41) is 14.4. The average Bonchev–Trinajstić information content (AvgIpc) is 2.49. The van der Waals surface area contributed by atoms with Crippen LogP contribution in [0.4, 0.5) is 0 Å². The van der Waals surface area contributed by atoms with E-state index in [4.69, 9.17) is 15.7 Å². The molecule has 116 valence electrons. The lowest BCUT2D eigenvalue weighted by molar-refractivity contribution is -0.127. The van der Waals surface area contributed by atoms with Crippen LogP contribution in [0.3, 0.4) is 0 Å². The Labute approximate surface area is 125 Å². The number of nitrogens with one attached hydrogen (secondary N) is 1. The first kappa shape index (κ1) is 16.8. The van der Waals surface area contributed by atoms with Crippen LogP contribution < -0.4 is 15.8 Å². The summed E-state index contributed by atoms with van der Waals surface area (Å²) in [6.07, 6.45) is 0.438. The van der Waals surface area contributed by atoms with Crippen LogP contribution in [-0.2, 0) is 4.79 Å². The fraction of sp³-hybridized carbons (Fsp3) is 0.467. The number of ether oxygens (including phenoxy) is 1. The minimum atomic E-state index is -1.02. The molecule has 1 atom stereocenters. The molecule has 0 bridgehead atoms. The maximum atomic E-state index is 12.1. The highest BCUT2D eigenvalue weighted by atomic mass is 16.5. The van der Waals surface area contributed by atoms with Gasteiger partial charge in [0, 0.05) is 0 Å². The number of amidine groups is 1. The van der Waals surface area contributed by atoms with Gasteiger partial charge in [-0.25, -0.2) is 0 Å². The number of amides is 1. The van der Waals surface area contributed by atoms with E-state index in [1.165, 1.54) is 0 Å². The first-order chi connectivity index (χ1) is 9.93. The number of carbonyl (C=O) groups is 1. The van der Waals surface area contributed by atoms with Gasteiger partial charge >= 0.3 is 0 Å². The van der Waals surface area contributed by atoms with E-state index in [2.05, 4.69) is 10.5 Å². The Morgan fingerprint density at radius 3 is 2.81 bits per heavy atom. The zero-order chi connectivity index (χ0) is 15.9. The van der Waals surface area contributed by atoms with Crippen LogP contribution in [0, 0.1) is 12.3 Å². The van der Waals surface area contributed by atoms with Gasteiger partial charge in [0.2, 0.25) is 5.91 Å². The van der Waals surface area contributed by atoms with Gasteiger partial charge in [-0.1, -0.05) is 24.2 Å². The van der Waals surface area contributed by atoms with E-state index in [-0.39, 0.29) is 11.7 Å². The average molecular weight is 293 g/mol. The second-order valence-electron chi connectivity index (χ2n) is 5.09. The molecule has 6 nitrogen and oxygen atoms in total. The Morgan fingerprint density at radius 2 is 2.24 bits per heavy atom. The van der Waals surface area contributed by atoms with Gasteiger partial charge in [-0.05, 0) is 38.0 Å². The molecule has 0 fully saturated rings. The number of oxime groups is 1. The zero-order valence-corrected chi connectivity index (χ0v) is 12.7. The molecule has 0 heterocycles. The van der Waals surface area contributed by atoms with E-state index in [9.17, 15) is 4.79 Å². The molecule has 1 aromatic rings. The number of nitrogens with zero attached hydrogens (tertiary/aromatic N) is 1. The predicted molar refractivity (Wildman–Crippen MR) is 81.5 cm³/mol. The van der Waals surface area contributed by atoms with Gasteiger partial charge < -0.3 is 21.0 Å². The minimum Gasteiger partial charge on any atom is -0.492 e. The molecule has 1 rings (SSSR count). The summed E-state index contributed by atoms with van der Waals surface area (Å²) >= 11 is 0. The van der Waals surface area contributed by atoms with Gasteiger partial charge in [-0.2, -0.15) is 0 Å². The van der Waals surface area contributed by atoms with Crippen molar-refractivity contribution in [2.45, 2.75) is 27.2 Å². The van der Waals surface area contributed by atoms with Crippen molar-refractivity contribution in [1.29, 1.82) is 0 Å². The van der Waals surface area contributed by atoms with E-state index in [0.29, 0.717) is 19.6 Å². The van der Waals surface area contributed by atoms with Crippen LogP contribution in [-0.4, -0.2) is 30.1 Å². The minimum absolute atomic E-state index is 0.0953. The third-order valence-corrected chi connectivity index (χ3v) is 3.53. The summed E-state index contributed by atoms with van der Waals surface area (Å²) in [6, 6.07) is 7.68. The Morgan fingerprint density at radius 1 is 1.52 bits per heavy atom. The summed E-state index contributed by atoms with van der Waals surface area (Å²) in [6.45, 7) is 6.13. The lowest BCUT2D eigenvalue weighted by atomic mass is 9.85. The SMILES string of the molecule is CCC(C)(C(=O)NCCOc1cccc(C)c1)/C(N)=N/O. The maximum absolute atomic E-state index is 12.1. The lowest BCUT2D eigenvalue weighted by Crippen LogP contribution is -2.48. The van der Waals surface area contributed by atoms with Crippen LogP contribution in [0.1, 0.15) is 25.8 Å². The molecule has 0 radical (unpaired) electrons. The van der Waals surface area contributed by atoms with Gasteiger partial charge in [0.15, 0.2) is 5.84 Å². The highest BCUT2D eigenvalue weighted by Crippen LogP contribution is 2.21. The fourth-order valence-corrected chi connectivity index (χ4v) is 1.80. The van der Waals surface area contributed by atoms with Gasteiger partial charge in [-0.15, -0.1) is 0 Å². The smallest absolute Gasteiger partial charge is 0.233 e. The number of aryl methyl sites for hydroxylation is 1. The molecule has 1 unspecified atom stereocenters. The van der Waals surface area contributed by atoms with E-state index in [1.807, 2.05) is 31.2 Å². The molecule has 1 amide bonds. The Balaban J connectivity index is 2.46. The van der Waals surface area contributed by atoms with Crippen molar-refractivity contribution in [3.8, 4) is 5.75 Å². The molecular formula is C15H23N3O3. The number of benzene rings is 1. The van der Waals surface area contributed by atoms with Crippen molar-refractivity contribution in [2.75, 3.05) is 13.2 Å². The maximum Gasteiger partial charge on any atom is 0.233 e. The third kappa shape index (κ3) is 4.37.